The summed E-state index contributed by atoms with van der Waals surface area (Å²) in [6, 6.07) is -0.712. The van der Waals surface area contributed by atoms with E-state index in [-0.39, 0.29) is 13.0 Å². The minimum absolute atomic E-state index is 0.170. The zero-order valence-corrected chi connectivity index (χ0v) is 20.0. The van der Waals surface area contributed by atoms with Crippen LogP contribution in [0.25, 0.3) is 0 Å². The molecule has 0 bridgehead atoms. The normalized spacial score (nSPS) is 28.0. The summed E-state index contributed by atoms with van der Waals surface area (Å²) in [5, 5.41) is 49.3. The summed E-state index contributed by atoms with van der Waals surface area (Å²) >= 11 is 0. The highest BCUT2D eigenvalue weighted by Gasteiger charge is 2.46. The fourth-order valence-corrected chi connectivity index (χ4v) is 4.15. The predicted octanol–water partition coefficient (Wildman–Crippen LogP) is 2.32. The topological polar surface area (TPSA) is 146 Å². The Morgan fingerprint density at radius 2 is 1.44 bits per heavy atom. The maximum Gasteiger partial charge on any atom is 0.283 e. The first-order valence-electron chi connectivity index (χ1n) is 12.8. The fourth-order valence-electron chi connectivity index (χ4n) is 4.15. The predicted molar refractivity (Wildman–Crippen MR) is 124 cm³/mol. The van der Waals surface area contributed by atoms with Crippen molar-refractivity contribution in [2.75, 3.05) is 13.2 Å². The van der Waals surface area contributed by atoms with Crippen molar-refractivity contribution in [2.24, 2.45) is 5.73 Å². The molecule has 1 aliphatic rings. The van der Waals surface area contributed by atoms with Gasteiger partial charge in [0.15, 0.2) is 0 Å². The van der Waals surface area contributed by atoms with E-state index in [0.29, 0.717) is 6.42 Å². The van der Waals surface area contributed by atoms with E-state index in [0.717, 1.165) is 19.3 Å². The van der Waals surface area contributed by atoms with E-state index in [4.69, 9.17) is 15.2 Å². The number of unbranched alkanes of at least 4 members (excludes halogenated alkanes) is 12. The number of hydrogen-bond donors (Lipinski definition) is 6. The van der Waals surface area contributed by atoms with Crippen LogP contribution in [0, 0.1) is 0 Å². The molecule has 32 heavy (non-hydrogen) atoms. The van der Waals surface area contributed by atoms with Gasteiger partial charge in [-0.05, 0) is 6.42 Å². The summed E-state index contributed by atoms with van der Waals surface area (Å²) in [4.78, 5) is 0. The first-order valence-corrected chi connectivity index (χ1v) is 12.8. The molecule has 1 fully saturated rings. The van der Waals surface area contributed by atoms with Crippen LogP contribution in [0.15, 0.2) is 0 Å². The first kappa shape index (κ1) is 29.7. The SMILES string of the molecule is CCCCCCCCCCCCCCCC(O)[C@@H](N)COC1(O)CC(O)C(O)C(CO)O1. The summed E-state index contributed by atoms with van der Waals surface area (Å²) in [7, 11) is 0. The van der Waals surface area contributed by atoms with Crippen LogP contribution in [0.1, 0.15) is 103 Å². The molecule has 0 amide bonds. The summed E-state index contributed by atoms with van der Waals surface area (Å²) in [5.41, 5.74) is 5.97. The number of aliphatic hydroxyl groups excluding tert-OH is 4. The minimum Gasteiger partial charge on any atom is -0.394 e. The molecule has 8 heteroatoms. The molecule has 8 nitrogen and oxygen atoms in total. The molecule has 192 valence electrons. The van der Waals surface area contributed by atoms with E-state index in [1.54, 1.807) is 0 Å². The lowest BCUT2D eigenvalue weighted by Crippen LogP contribution is -2.58. The summed E-state index contributed by atoms with van der Waals surface area (Å²) in [6.07, 6.45) is 12.1. The Kier molecular flexibility index (Phi) is 15.9. The van der Waals surface area contributed by atoms with E-state index >= 15 is 0 Å². The number of rotatable bonds is 19. The Bertz CT molecular complexity index is 456. The second kappa shape index (κ2) is 17.2. The second-order valence-electron chi connectivity index (χ2n) is 9.39. The quantitative estimate of drug-likeness (QED) is 0.126. The molecular weight excluding hydrogens is 414 g/mol. The molecule has 0 radical (unpaired) electrons. The molecular formula is C24H49NO7. The first-order chi connectivity index (χ1) is 15.3. The third-order valence-electron chi connectivity index (χ3n) is 6.36. The number of nitrogens with two attached hydrogens (primary N) is 1. The Labute approximate surface area is 194 Å². The lowest BCUT2D eigenvalue weighted by Gasteiger charge is -2.41. The van der Waals surface area contributed by atoms with Crippen LogP contribution in [0.2, 0.25) is 0 Å². The molecule has 1 aliphatic heterocycles. The van der Waals surface area contributed by atoms with Crippen molar-refractivity contribution in [1.82, 2.24) is 0 Å². The van der Waals surface area contributed by atoms with Crippen molar-refractivity contribution < 1.29 is 35.0 Å². The standard InChI is InChI=1S/C24H49NO7/c1-2-3-4-5-6-7-8-9-10-11-12-13-14-15-20(27)19(25)18-31-24(30)16-21(28)23(29)22(17-26)32-24/h19-23,26-30H,2-18,25H2,1H3/t19-,20?,21?,22?,23?,24?/m0/s1. The Balaban J connectivity index is 2.04. The maximum atomic E-state index is 10.3. The number of ether oxygens (including phenoxy) is 2. The average Bonchev–Trinajstić information content (AvgIpc) is 2.77. The molecule has 0 spiro atoms. The molecule has 6 atom stereocenters. The van der Waals surface area contributed by atoms with Gasteiger partial charge < -0.3 is 40.7 Å². The van der Waals surface area contributed by atoms with E-state index in [9.17, 15) is 25.5 Å². The van der Waals surface area contributed by atoms with Crippen LogP contribution in [-0.4, -0.2) is 75.2 Å². The Hall–Kier alpha value is -0.320. The molecule has 7 N–H and O–H groups in total. The average molecular weight is 464 g/mol. The molecule has 0 aromatic rings. The molecule has 0 aromatic carbocycles. The van der Waals surface area contributed by atoms with Crippen molar-refractivity contribution in [3.05, 3.63) is 0 Å². The zero-order valence-electron chi connectivity index (χ0n) is 20.0. The highest BCUT2D eigenvalue weighted by Crippen LogP contribution is 2.28. The van der Waals surface area contributed by atoms with Gasteiger partial charge in [0.2, 0.25) is 0 Å². The van der Waals surface area contributed by atoms with Crippen molar-refractivity contribution in [1.29, 1.82) is 0 Å². The van der Waals surface area contributed by atoms with E-state index in [1.807, 2.05) is 0 Å². The highest BCUT2D eigenvalue weighted by molar-refractivity contribution is 4.85. The Morgan fingerprint density at radius 1 is 0.938 bits per heavy atom. The van der Waals surface area contributed by atoms with Crippen LogP contribution in [-0.2, 0) is 9.47 Å². The summed E-state index contributed by atoms with van der Waals surface area (Å²) in [6.45, 7) is 1.51. The van der Waals surface area contributed by atoms with Gasteiger partial charge in [-0.1, -0.05) is 90.4 Å². The zero-order chi connectivity index (χ0) is 23.8. The van der Waals surface area contributed by atoms with Crippen molar-refractivity contribution in [3.63, 3.8) is 0 Å². The van der Waals surface area contributed by atoms with Gasteiger partial charge in [0.25, 0.3) is 5.97 Å². The van der Waals surface area contributed by atoms with Crippen LogP contribution in [0.3, 0.4) is 0 Å². The van der Waals surface area contributed by atoms with Crippen molar-refractivity contribution in [2.45, 2.75) is 140 Å². The molecule has 1 rings (SSSR count). The monoisotopic (exact) mass is 463 g/mol. The molecule has 0 saturated carbocycles. The fraction of sp³-hybridized carbons (Fsp3) is 1.00. The molecule has 1 saturated heterocycles. The van der Waals surface area contributed by atoms with Gasteiger partial charge in [0, 0.05) is 0 Å². The van der Waals surface area contributed by atoms with Gasteiger partial charge in [-0.25, -0.2) is 0 Å². The van der Waals surface area contributed by atoms with E-state index < -0.39 is 43.0 Å². The van der Waals surface area contributed by atoms with E-state index in [1.165, 1.54) is 64.2 Å². The molecule has 5 unspecified atom stereocenters. The van der Waals surface area contributed by atoms with Gasteiger partial charge in [0.05, 0.1) is 37.9 Å². The smallest absolute Gasteiger partial charge is 0.283 e. The lowest BCUT2D eigenvalue weighted by atomic mass is 10.0. The van der Waals surface area contributed by atoms with Crippen LogP contribution < -0.4 is 5.73 Å². The van der Waals surface area contributed by atoms with Crippen molar-refractivity contribution >= 4 is 0 Å². The summed E-state index contributed by atoms with van der Waals surface area (Å²) < 4.78 is 10.4. The highest BCUT2D eigenvalue weighted by atomic mass is 16.8. The Morgan fingerprint density at radius 3 is 1.94 bits per heavy atom. The van der Waals surface area contributed by atoms with Crippen LogP contribution >= 0.6 is 0 Å². The van der Waals surface area contributed by atoms with Gasteiger partial charge in [-0.3, -0.25) is 0 Å². The third kappa shape index (κ3) is 12.2. The number of hydrogen-bond acceptors (Lipinski definition) is 8. The maximum absolute atomic E-state index is 10.3. The van der Waals surface area contributed by atoms with E-state index in [2.05, 4.69) is 6.92 Å². The molecule has 0 aromatic heterocycles. The van der Waals surface area contributed by atoms with Crippen LogP contribution in [0.4, 0.5) is 0 Å². The van der Waals surface area contributed by atoms with Gasteiger partial charge in [-0.2, -0.15) is 0 Å². The largest absolute Gasteiger partial charge is 0.394 e. The molecule has 0 aliphatic carbocycles. The third-order valence-corrected chi connectivity index (χ3v) is 6.36. The summed E-state index contributed by atoms with van der Waals surface area (Å²) in [5.74, 6) is -2.15. The number of aliphatic hydroxyl groups is 5. The van der Waals surface area contributed by atoms with Gasteiger partial charge in [0.1, 0.15) is 12.2 Å². The van der Waals surface area contributed by atoms with Gasteiger partial charge >= 0.3 is 0 Å². The van der Waals surface area contributed by atoms with Gasteiger partial charge in [-0.15, -0.1) is 0 Å². The van der Waals surface area contributed by atoms with Crippen molar-refractivity contribution in [3.8, 4) is 0 Å². The minimum atomic E-state index is -2.15. The second-order valence-corrected chi connectivity index (χ2v) is 9.39. The lowest BCUT2D eigenvalue weighted by molar-refractivity contribution is -0.416. The molecule has 1 heterocycles. The van der Waals surface area contributed by atoms with Crippen LogP contribution in [0.5, 0.6) is 0 Å².